The fraction of sp³-hybridized carbons (Fsp3) is 0.300. The topological polar surface area (TPSA) is 49.7 Å². The summed E-state index contributed by atoms with van der Waals surface area (Å²) in [5, 5.41) is 8.92. The second kappa shape index (κ2) is 3.14. The van der Waals surface area contributed by atoms with Gasteiger partial charge >= 0.3 is 0 Å². The predicted molar refractivity (Wildman–Crippen MR) is 47.1 cm³/mol. The van der Waals surface area contributed by atoms with Crippen molar-refractivity contribution in [2.45, 2.75) is 18.4 Å². The van der Waals surface area contributed by atoms with E-state index in [0.29, 0.717) is 12.8 Å². The molecule has 0 radical (unpaired) electrons. The maximum atomic E-state index is 13.4. The Morgan fingerprint density at radius 1 is 1.33 bits per heavy atom. The fourth-order valence-corrected chi connectivity index (χ4v) is 1.55. The maximum Gasteiger partial charge on any atom is 0.235 e. The van der Waals surface area contributed by atoms with E-state index in [1.54, 1.807) is 0 Å². The number of isocyanates is 1. The molecule has 1 aromatic carbocycles. The number of phenolic OH excluding ortho intramolecular Hbond substituents is 1. The Morgan fingerprint density at radius 2 is 2.00 bits per heavy atom. The van der Waals surface area contributed by atoms with Crippen molar-refractivity contribution in [2.24, 2.45) is 4.99 Å². The van der Waals surface area contributed by atoms with Gasteiger partial charge < -0.3 is 5.11 Å². The molecule has 2 rings (SSSR count). The van der Waals surface area contributed by atoms with Gasteiger partial charge in [-0.25, -0.2) is 9.18 Å². The summed E-state index contributed by atoms with van der Waals surface area (Å²) in [7, 11) is 0. The molecule has 1 aliphatic rings. The number of nitrogens with zero attached hydrogens (tertiary/aromatic N) is 1. The minimum atomic E-state index is -1.31. The van der Waals surface area contributed by atoms with Crippen molar-refractivity contribution in [1.82, 2.24) is 0 Å². The van der Waals surface area contributed by atoms with Crippen LogP contribution in [0.25, 0.3) is 0 Å². The molecule has 1 fully saturated rings. The Morgan fingerprint density at radius 3 is 2.53 bits per heavy atom. The number of rotatable bonds is 2. The van der Waals surface area contributed by atoms with E-state index in [2.05, 4.69) is 4.99 Å². The van der Waals surface area contributed by atoms with Crippen LogP contribution in [0.3, 0.4) is 0 Å². The van der Waals surface area contributed by atoms with Crippen LogP contribution in [0.1, 0.15) is 18.4 Å². The molecule has 0 bridgehead atoms. The SMILES string of the molecule is O=C=NC1(c2ccc(O)c(F)c2F)CC1. The molecular weight excluding hydrogens is 204 g/mol. The lowest BCUT2D eigenvalue weighted by molar-refractivity contribution is 0.400. The fourth-order valence-electron chi connectivity index (χ4n) is 1.55. The molecule has 0 atom stereocenters. The standard InChI is InChI=1S/C10H7F2NO2/c11-8-6(1-2-7(15)9(8)12)10(3-4-10)13-5-14/h1-2,15H,3-4H2. The Kier molecular flexibility index (Phi) is 2.05. The van der Waals surface area contributed by atoms with Crippen LogP contribution in [0.2, 0.25) is 0 Å². The lowest BCUT2D eigenvalue weighted by Gasteiger charge is -2.10. The number of phenols is 1. The third-order valence-corrected chi connectivity index (χ3v) is 2.55. The van der Waals surface area contributed by atoms with Crippen molar-refractivity contribution in [1.29, 1.82) is 0 Å². The number of halogens is 2. The lowest BCUT2D eigenvalue weighted by Crippen LogP contribution is -2.07. The van der Waals surface area contributed by atoms with Gasteiger partial charge in [0.05, 0.1) is 0 Å². The molecule has 15 heavy (non-hydrogen) atoms. The van der Waals surface area contributed by atoms with Crippen LogP contribution in [0.5, 0.6) is 5.75 Å². The second-order valence-electron chi connectivity index (χ2n) is 3.49. The van der Waals surface area contributed by atoms with E-state index in [1.807, 2.05) is 0 Å². The van der Waals surface area contributed by atoms with E-state index in [-0.39, 0.29) is 5.56 Å². The molecule has 0 saturated heterocycles. The van der Waals surface area contributed by atoms with Crippen molar-refractivity contribution in [2.75, 3.05) is 0 Å². The van der Waals surface area contributed by atoms with Crippen LogP contribution in [0.15, 0.2) is 17.1 Å². The van der Waals surface area contributed by atoms with Gasteiger partial charge in [-0.05, 0) is 25.0 Å². The van der Waals surface area contributed by atoms with Gasteiger partial charge in [0.2, 0.25) is 11.9 Å². The van der Waals surface area contributed by atoms with Crippen LogP contribution in [0, 0.1) is 11.6 Å². The first-order valence-electron chi connectivity index (χ1n) is 4.37. The van der Waals surface area contributed by atoms with E-state index in [1.165, 1.54) is 12.1 Å². The number of aliphatic imine (C=N–C) groups is 1. The largest absolute Gasteiger partial charge is 0.505 e. The first kappa shape index (κ1) is 9.80. The molecule has 78 valence electrons. The second-order valence-corrected chi connectivity index (χ2v) is 3.49. The quantitative estimate of drug-likeness (QED) is 0.600. The van der Waals surface area contributed by atoms with Crippen LogP contribution >= 0.6 is 0 Å². The van der Waals surface area contributed by atoms with Gasteiger partial charge in [-0.2, -0.15) is 9.38 Å². The van der Waals surface area contributed by atoms with Crippen molar-refractivity contribution < 1.29 is 18.7 Å². The van der Waals surface area contributed by atoms with Gasteiger partial charge in [-0.1, -0.05) is 0 Å². The van der Waals surface area contributed by atoms with Gasteiger partial charge in [-0.15, -0.1) is 0 Å². The molecule has 1 saturated carbocycles. The minimum Gasteiger partial charge on any atom is -0.505 e. The van der Waals surface area contributed by atoms with E-state index >= 15 is 0 Å². The van der Waals surface area contributed by atoms with Crippen LogP contribution < -0.4 is 0 Å². The van der Waals surface area contributed by atoms with Crippen molar-refractivity contribution in [3.8, 4) is 5.75 Å². The monoisotopic (exact) mass is 211 g/mol. The zero-order valence-electron chi connectivity index (χ0n) is 7.63. The molecule has 0 amide bonds. The predicted octanol–water partition coefficient (Wildman–Crippen LogP) is 2.00. The first-order valence-corrected chi connectivity index (χ1v) is 4.37. The smallest absolute Gasteiger partial charge is 0.235 e. The summed E-state index contributed by atoms with van der Waals surface area (Å²) in [6.07, 6.45) is 2.33. The van der Waals surface area contributed by atoms with Crippen LogP contribution in [-0.2, 0) is 10.3 Å². The van der Waals surface area contributed by atoms with Gasteiger partial charge in [0.1, 0.15) is 5.54 Å². The van der Waals surface area contributed by atoms with Crippen molar-refractivity contribution in [3.05, 3.63) is 29.3 Å². The zero-order chi connectivity index (χ0) is 11.1. The number of carbonyl (C=O) groups excluding carboxylic acids is 1. The maximum absolute atomic E-state index is 13.4. The Labute approximate surface area is 84.1 Å². The van der Waals surface area contributed by atoms with Crippen LogP contribution in [0.4, 0.5) is 8.78 Å². The number of benzene rings is 1. The Hall–Kier alpha value is -1.74. The molecule has 5 heteroatoms. The number of aromatic hydroxyl groups is 1. The highest BCUT2D eigenvalue weighted by Gasteiger charge is 2.47. The lowest BCUT2D eigenvalue weighted by atomic mass is 10.0. The van der Waals surface area contributed by atoms with Gasteiger partial charge in [-0.3, -0.25) is 0 Å². The Bertz CT molecular complexity index is 463. The van der Waals surface area contributed by atoms with E-state index in [0.717, 1.165) is 6.07 Å². The molecular formula is C10H7F2NO2. The van der Waals surface area contributed by atoms with Gasteiger partial charge in [0.15, 0.2) is 11.6 Å². The molecule has 1 aliphatic carbocycles. The number of hydrogen-bond acceptors (Lipinski definition) is 3. The molecule has 0 aromatic heterocycles. The third kappa shape index (κ3) is 1.41. The summed E-state index contributed by atoms with van der Waals surface area (Å²) in [5.74, 6) is -3.20. The number of hydrogen-bond donors (Lipinski definition) is 1. The first-order chi connectivity index (χ1) is 7.10. The Balaban J connectivity index is 2.55. The van der Waals surface area contributed by atoms with Crippen molar-refractivity contribution in [3.63, 3.8) is 0 Å². The third-order valence-electron chi connectivity index (χ3n) is 2.55. The summed E-state index contributed by atoms with van der Waals surface area (Å²) in [4.78, 5) is 13.6. The molecule has 0 spiro atoms. The van der Waals surface area contributed by atoms with E-state index in [4.69, 9.17) is 5.11 Å². The zero-order valence-corrected chi connectivity index (χ0v) is 7.63. The van der Waals surface area contributed by atoms with E-state index < -0.39 is 22.9 Å². The normalized spacial score (nSPS) is 16.9. The molecule has 0 unspecified atom stereocenters. The molecule has 3 nitrogen and oxygen atoms in total. The molecule has 0 heterocycles. The molecule has 1 aromatic rings. The van der Waals surface area contributed by atoms with Gasteiger partial charge in [0, 0.05) is 5.56 Å². The summed E-state index contributed by atoms with van der Waals surface area (Å²) >= 11 is 0. The highest BCUT2D eigenvalue weighted by Crippen LogP contribution is 2.50. The molecule has 0 aliphatic heterocycles. The highest BCUT2D eigenvalue weighted by atomic mass is 19.2. The summed E-state index contributed by atoms with van der Waals surface area (Å²) in [5.41, 5.74) is -0.957. The van der Waals surface area contributed by atoms with Crippen LogP contribution in [-0.4, -0.2) is 11.2 Å². The average molecular weight is 211 g/mol. The average Bonchev–Trinajstić information content (AvgIpc) is 2.96. The summed E-state index contributed by atoms with van der Waals surface area (Å²) in [6, 6.07) is 2.29. The van der Waals surface area contributed by atoms with E-state index in [9.17, 15) is 13.6 Å². The molecule has 1 N–H and O–H groups in total. The van der Waals surface area contributed by atoms with Crippen molar-refractivity contribution >= 4 is 6.08 Å². The summed E-state index contributed by atoms with van der Waals surface area (Å²) < 4.78 is 26.4. The highest BCUT2D eigenvalue weighted by molar-refractivity contribution is 5.43. The minimum absolute atomic E-state index is 0.00106. The summed E-state index contributed by atoms with van der Waals surface area (Å²) in [6.45, 7) is 0. The van der Waals surface area contributed by atoms with Gasteiger partial charge in [0.25, 0.3) is 0 Å².